The average Bonchev–Trinajstić information content (AvgIpc) is 2.46. The van der Waals surface area contributed by atoms with Gasteiger partial charge in [-0.2, -0.15) is 5.26 Å². The lowest BCUT2D eigenvalue weighted by Gasteiger charge is -2.05. The maximum atomic E-state index is 11.8. The Morgan fingerprint density at radius 2 is 2.16 bits per heavy atom. The van der Waals surface area contributed by atoms with Crippen LogP contribution in [0, 0.1) is 11.3 Å². The molecule has 0 aliphatic heterocycles. The van der Waals surface area contributed by atoms with E-state index in [-0.39, 0.29) is 11.5 Å². The Labute approximate surface area is 109 Å². The molecular formula is C14H11N3O2. The van der Waals surface area contributed by atoms with E-state index in [2.05, 4.69) is 10.3 Å². The molecule has 2 aromatic rings. The van der Waals surface area contributed by atoms with Crippen molar-refractivity contribution in [2.24, 2.45) is 0 Å². The molecule has 0 unspecified atom stereocenters. The van der Waals surface area contributed by atoms with Crippen molar-refractivity contribution >= 4 is 5.91 Å². The molecule has 0 fully saturated rings. The Bertz CT molecular complexity index is 678. The second kappa shape index (κ2) is 5.65. The summed E-state index contributed by atoms with van der Waals surface area (Å²) in [6, 6.07) is 11.8. The van der Waals surface area contributed by atoms with Gasteiger partial charge in [0.1, 0.15) is 0 Å². The third kappa shape index (κ3) is 3.30. The topological polar surface area (TPSA) is 85.8 Å². The predicted molar refractivity (Wildman–Crippen MR) is 69.4 cm³/mol. The first kappa shape index (κ1) is 12.6. The van der Waals surface area contributed by atoms with Gasteiger partial charge in [0, 0.05) is 18.8 Å². The number of benzene rings is 1. The SMILES string of the molecule is N#Cc1cccc(CNC(=O)c2ccc(=O)[nH]c2)c1. The molecule has 0 radical (unpaired) electrons. The molecule has 0 saturated carbocycles. The van der Waals surface area contributed by atoms with Gasteiger partial charge in [0.2, 0.25) is 5.56 Å². The highest BCUT2D eigenvalue weighted by Crippen LogP contribution is 2.04. The van der Waals surface area contributed by atoms with Gasteiger partial charge in [-0.3, -0.25) is 9.59 Å². The van der Waals surface area contributed by atoms with Crippen molar-refractivity contribution in [3.63, 3.8) is 0 Å². The smallest absolute Gasteiger partial charge is 0.253 e. The fourth-order valence-electron chi connectivity index (χ4n) is 1.59. The summed E-state index contributed by atoms with van der Waals surface area (Å²) in [6.07, 6.45) is 1.36. The van der Waals surface area contributed by atoms with E-state index in [0.717, 1.165) is 5.56 Å². The van der Waals surface area contributed by atoms with Crippen molar-refractivity contribution in [1.82, 2.24) is 10.3 Å². The number of carbonyl (C=O) groups excluding carboxylic acids is 1. The van der Waals surface area contributed by atoms with Crippen LogP contribution in [0.25, 0.3) is 0 Å². The highest BCUT2D eigenvalue weighted by molar-refractivity contribution is 5.93. The van der Waals surface area contributed by atoms with E-state index in [4.69, 9.17) is 5.26 Å². The summed E-state index contributed by atoms with van der Waals surface area (Å²) in [5.74, 6) is -0.279. The number of nitrogens with one attached hydrogen (secondary N) is 2. The Morgan fingerprint density at radius 1 is 1.32 bits per heavy atom. The van der Waals surface area contributed by atoms with Crippen molar-refractivity contribution in [2.75, 3.05) is 0 Å². The number of nitriles is 1. The number of hydrogen-bond acceptors (Lipinski definition) is 3. The number of amides is 1. The molecule has 19 heavy (non-hydrogen) atoms. The van der Waals surface area contributed by atoms with Gasteiger partial charge >= 0.3 is 0 Å². The molecule has 0 saturated heterocycles. The average molecular weight is 253 g/mol. The maximum Gasteiger partial charge on any atom is 0.253 e. The molecule has 0 bridgehead atoms. The third-order valence-corrected chi connectivity index (χ3v) is 2.56. The fourth-order valence-corrected chi connectivity index (χ4v) is 1.59. The van der Waals surface area contributed by atoms with Crippen molar-refractivity contribution in [3.05, 3.63) is 69.6 Å². The molecule has 0 aliphatic rings. The molecule has 94 valence electrons. The van der Waals surface area contributed by atoms with Crippen LogP contribution in [0.3, 0.4) is 0 Å². The lowest BCUT2D eigenvalue weighted by Crippen LogP contribution is -2.23. The van der Waals surface area contributed by atoms with Gasteiger partial charge < -0.3 is 10.3 Å². The van der Waals surface area contributed by atoms with Gasteiger partial charge in [-0.1, -0.05) is 12.1 Å². The van der Waals surface area contributed by atoms with Crippen LogP contribution in [-0.4, -0.2) is 10.9 Å². The normalized spacial score (nSPS) is 9.63. The molecule has 1 heterocycles. The summed E-state index contributed by atoms with van der Waals surface area (Å²) in [6.45, 7) is 0.327. The summed E-state index contributed by atoms with van der Waals surface area (Å²) >= 11 is 0. The summed E-state index contributed by atoms with van der Waals surface area (Å²) in [7, 11) is 0. The van der Waals surface area contributed by atoms with Gasteiger partial charge in [0.05, 0.1) is 17.2 Å². The summed E-state index contributed by atoms with van der Waals surface area (Å²) in [5.41, 5.74) is 1.53. The van der Waals surface area contributed by atoms with Gasteiger partial charge in [0.15, 0.2) is 0 Å². The highest BCUT2D eigenvalue weighted by Gasteiger charge is 2.05. The first-order chi connectivity index (χ1) is 9.19. The lowest BCUT2D eigenvalue weighted by molar-refractivity contribution is 0.0950. The first-order valence-corrected chi connectivity index (χ1v) is 5.65. The standard InChI is InChI=1S/C14H11N3O2/c15-7-10-2-1-3-11(6-10)8-17-14(19)12-4-5-13(18)16-9-12/h1-6,9H,8H2,(H,16,18)(H,17,19). The minimum atomic E-state index is -0.279. The predicted octanol–water partition coefficient (Wildman–Crippen LogP) is 1.18. The van der Waals surface area contributed by atoms with E-state index in [1.807, 2.05) is 12.1 Å². The zero-order valence-corrected chi connectivity index (χ0v) is 10.0. The largest absolute Gasteiger partial charge is 0.348 e. The van der Waals surface area contributed by atoms with Crippen molar-refractivity contribution in [1.29, 1.82) is 5.26 Å². The molecule has 1 amide bonds. The van der Waals surface area contributed by atoms with Crippen LogP contribution in [0.5, 0.6) is 0 Å². The molecule has 2 rings (SSSR count). The number of hydrogen-bond donors (Lipinski definition) is 2. The molecule has 0 spiro atoms. The summed E-state index contributed by atoms with van der Waals surface area (Å²) < 4.78 is 0. The van der Waals surface area contributed by atoms with Gasteiger partial charge in [-0.25, -0.2) is 0 Å². The zero-order chi connectivity index (χ0) is 13.7. The van der Waals surface area contributed by atoms with Gasteiger partial charge in [-0.15, -0.1) is 0 Å². The molecule has 5 nitrogen and oxygen atoms in total. The van der Waals surface area contributed by atoms with E-state index >= 15 is 0 Å². The summed E-state index contributed by atoms with van der Waals surface area (Å²) in [5, 5.41) is 11.5. The number of aromatic amines is 1. The van der Waals surface area contributed by atoms with Crippen LogP contribution in [0.15, 0.2) is 47.4 Å². The second-order valence-corrected chi connectivity index (χ2v) is 3.94. The Hall–Kier alpha value is -2.87. The zero-order valence-electron chi connectivity index (χ0n) is 10.0. The fraction of sp³-hybridized carbons (Fsp3) is 0.0714. The maximum absolute atomic E-state index is 11.8. The Balaban J connectivity index is 2.02. The number of nitrogens with zero attached hydrogens (tertiary/aromatic N) is 1. The number of pyridine rings is 1. The minimum Gasteiger partial charge on any atom is -0.348 e. The first-order valence-electron chi connectivity index (χ1n) is 5.65. The van der Waals surface area contributed by atoms with Crippen LogP contribution in [0.2, 0.25) is 0 Å². The molecular weight excluding hydrogens is 242 g/mol. The number of H-pyrrole nitrogens is 1. The van der Waals surface area contributed by atoms with Crippen molar-refractivity contribution < 1.29 is 4.79 Å². The van der Waals surface area contributed by atoms with Crippen LogP contribution in [0.1, 0.15) is 21.5 Å². The number of aromatic nitrogens is 1. The summed E-state index contributed by atoms with van der Waals surface area (Å²) in [4.78, 5) is 25.1. The Morgan fingerprint density at radius 3 is 2.84 bits per heavy atom. The van der Waals surface area contributed by atoms with E-state index in [1.54, 1.807) is 18.2 Å². The van der Waals surface area contributed by atoms with Crippen LogP contribution >= 0.6 is 0 Å². The van der Waals surface area contributed by atoms with Gasteiger partial charge in [-0.05, 0) is 23.8 Å². The van der Waals surface area contributed by atoms with Crippen LogP contribution in [-0.2, 0) is 6.54 Å². The number of rotatable bonds is 3. The molecule has 5 heteroatoms. The molecule has 1 aromatic carbocycles. The molecule has 1 aromatic heterocycles. The monoisotopic (exact) mass is 253 g/mol. The van der Waals surface area contributed by atoms with E-state index in [0.29, 0.717) is 17.7 Å². The van der Waals surface area contributed by atoms with Crippen LogP contribution in [0.4, 0.5) is 0 Å². The number of carbonyl (C=O) groups is 1. The second-order valence-electron chi connectivity index (χ2n) is 3.94. The van der Waals surface area contributed by atoms with Crippen LogP contribution < -0.4 is 10.9 Å². The quantitative estimate of drug-likeness (QED) is 0.861. The molecule has 2 N–H and O–H groups in total. The van der Waals surface area contributed by atoms with E-state index in [1.165, 1.54) is 18.3 Å². The lowest BCUT2D eigenvalue weighted by atomic mass is 10.1. The van der Waals surface area contributed by atoms with Crippen molar-refractivity contribution in [3.8, 4) is 6.07 Å². The van der Waals surface area contributed by atoms with E-state index in [9.17, 15) is 9.59 Å². The van der Waals surface area contributed by atoms with E-state index < -0.39 is 0 Å². The minimum absolute atomic E-state index is 0.252. The molecule has 0 atom stereocenters. The Kier molecular flexibility index (Phi) is 3.74. The highest BCUT2D eigenvalue weighted by atomic mass is 16.1. The van der Waals surface area contributed by atoms with Gasteiger partial charge in [0.25, 0.3) is 5.91 Å². The third-order valence-electron chi connectivity index (χ3n) is 2.56. The van der Waals surface area contributed by atoms with Crippen molar-refractivity contribution in [2.45, 2.75) is 6.54 Å². The molecule has 0 aliphatic carbocycles.